The van der Waals surface area contributed by atoms with Gasteiger partial charge in [0, 0.05) is 18.0 Å². The standard InChI is InChI=1S/C18H21NO2.C2H6/c1-4-13(3)14-7-6-8-15(9-14)16-10-17(12-19-11-16)18(20)21-5-2;1-2/h6-13H,4-5H2,1-3H3;1-2H3. The molecule has 1 unspecified atom stereocenters. The van der Waals surface area contributed by atoms with Crippen LogP contribution in [0.3, 0.4) is 0 Å². The molecule has 0 aliphatic carbocycles. The molecule has 0 fully saturated rings. The molecule has 0 saturated heterocycles. The molecule has 1 aromatic heterocycles. The van der Waals surface area contributed by atoms with Crippen molar-refractivity contribution in [2.75, 3.05) is 6.61 Å². The first-order valence-corrected chi connectivity index (χ1v) is 8.38. The molecule has 3 nitrogen and oxygen atoms in total. The van der Waals surface area contributed by atoms with Crippen LogP contribution in [0.4, 0.5) is 0 Å². The third-order valence-electron chi connectivity index (χ3n) is 3.65. The number of aromatic nitrogens is 1. The maximum Gasteiger partial charge on any atom is 0.339 e. The van der Waals surface area contributed by atoms with E-state index in [0.717, 1.165) is 17.5 Å². The molecule has 2 rings (SSSR count). The number of hydrogen-bond acceptors (Lipinski definition) is 3. The van der Waals surface area contributed by atoms with E-state index in [1.54, 1.807) is 19.3 Å². The number of ether oxygens (including phenoxy) is 1. The van der Waals surface area contributed by atoms with Crippen LogP contribution in [0.25, 0.3) is 11.1 Å². The zero-order valence-electron chi connectivity index (χ0n) is 14.8. The lowest BCUT2D eigenvalue weighted by Crippen LogP contribution is -2.05. The minimum absolute atomic E-state index is 0.329. The van der Waals surface area contributed by atoms with Gasteiger partial charge in [-0.1, -0.05) is 52.0 Å². The molecular weight excluding hydrogens is 286 g/mol. The Kier molecular flexibility index (Phi) is 8.03. The van der Waals surface area contributed by atoms with Crippen molar-refractivity contribution in [3.8, 4) is 11.1 Å². The first-order valence-electron chi connectivity index (χ1n) is 8.38. The van der Waals surface area contributed by atoms with Crippen molar-refractivity contribution in [2.24, 2.45) is 0 Å². The Hall–Kier alpha value is -2.16. The minimum atomic E-state index is -0.329. The second kappa shape index (κ2) is 9.78. The van der Waals surface area contributed by atoms with Gasteiger partial charge in [-0.2, -0.15) is 0 Å². The third kappa shape index (κ3) is 5.20. The molecule has 0 saturated carbocycles. The summed E-state index contributed by atoms with van der Waals surface area (Å²) in [5.74, 6) is 0.191. The third-order valence-corrected chi connectivity index (χ3v) is 3.65. The highest BCUT2D eigenvalue weighted by atomic mass is 16.5. The number of carbonyl (C=O) groups is 1. The van der Waals surface area contributed by atoms with Gasteiger partial charge >= 0.3 is 5.97 Å². The molecule has 0 N–H and O–H groups in total. The highest BCUT2D eigenvalue weighted by Gasteiger charge is 2.10. The maximum absolute atomic E-state index is 11.8. The van der Waals surface area contributed by atoms with Gasteiger partial charge in [0.05, 0.1) is 12.2 Å². The zero-order valence-corrected chi connectivity index (χ0v) is 14.8. The average Bonchev–Trinajstić information content (AvgIpc) is 2.63. The fourth-order valence-corrected chi connectivity index (χ4v) is 2.18. The molecular formula is C20H27NO2. The number of carbonyl (C=O) groups excluding carboxylic acids is 1. The van der Waals surface area contributed by atoms with Crippen LogP contribution in [0, 0.1) is 0 Å². The summed E-state index contributed by atoms with van der Waals surface area (Å²) >= 11 is 0. The van der Waals surface area contributed by atoms with Crippen LogP contribution in [0.1, 0.15) is 62.9 Å². The Morgan fingerprint density at radius 3 is 2.52 bits per heavy atom. The Morgan fingerprint density at radius 2 is 1.87 bits per heavy atom. The van der Waals surface area contributed by atoms with Crippen LogP contribution in [0.2, 0.25) is 0 Å². The molecule has 0 amide bonds. The molecule has 1 heterocycles. The summed E-state index contributed by atoms with van der Waals surface area (Å²) in [6.45, 7) is 10.6. The molecule has 0 aliphatic heterocycles. The van der Waals surface area contributed by atoms with Crippen LogP contribution < -0.4 is 0 Å². The molecule has 2 aromatic rings. The molecule has 0 radical (unpaired) electrons. The van der Waals surface area contributed by atoms with Crippen molar-refractivity contribution in [1.82, 2.24) is 4.98 Å². The van der Waals surface area contributed by atoms with Crippen molar-refractivity contribution < 1.29 is 9.53 Å². The minimum Gasteiger partial charge on any atom is -0.462 e. The van der Waals surface area contributed by atoms with Crippen LogP contribution in [-0.4, -0.2) is 17.6 Å². The van der Waals surface area contributed by atoms with Gasteiger partial charge in [-0.3, -0.25) is 4.98 Å². The Morgan fingerprint density at radius 1 is 1.13 bits per heavy atom. The van der Waals surface area contributed by atoms with E-state index in [-0.39, 0.29) is 5.97 Å². The summed E-state index contributed by atoms with van der Waals surface area (Å²) in [5.41, 5.74) is 3.80. The molecule has 3 heteroatoms. The van der Waals surface area contributed by atoms with Gasteiger partial charge in [0.15, 0.2) is 0 Å². The van der Waals surface area contributed by atoms with Gasteiger partial charge in [-0.05, 0) is 36.5 Å². The summed E-state index contributed by atoms with van der Waals surface area (Å²) < 4.78 is 5.02. The fraction of sp³-hybridized carbons (Fsp3) is 0.400. The molecule has 1 atom stereocenters. The fourth-order valence-electron chi connectivity index (χ4n) is 2.18. The predicted octanol–water partition coefficient (Wildman–Crippen LogP) is 5.47. The maximum atomic E-state index is 11.8. The van der Waals surface area contributed by atoms with Crippen LogP contribution in [-0.2, 0) is 4.74 Å². The van der Waals surface area contributed by atoms with E-state index in [0.29, 0.717) is 18.1 Å². The summed E-state index contributed by atoms with van der Waals surface area (Å²) in [7, 11) is 0. The number of esters is 1. The van der Waals surface area contributed by atoms with Gasteiger partial charge in [0.1, 0.15) is 0 Å². The van der Waals surface area contributed by atoms with Crippen LogP contribution in [0.5, 0.6) is 0 Å². The van der Waals surface area contributed by atoms with Crippen molar-refractivity contribution in [1.29, 1.82) is 0 Å². The number of nitrogens with zero attached hydrogens (tertiary/aromatic N) is 1. The quantitative estimate of drug-likeness (QED) is 0.687. The Balaban J connectivity index is 0.00000127. The molecule has 0 spiro atoms. The number of pyridine rings is 1. The first kappa shape index (κ1) is 18.9. The van der Waals surface area contributed by atoms with E-state index >= 15 is 0 Å². The smallest absolute Gasteiger partial charge is 0.339 e. The normalized spacial score (nSPS) is 11.2. The van der Waals surface area contributed by atoms with E-state index in [2.05, 4.69) is 31.0 Å². The van der Waals surface area contributed by atoms with Crippen molar-refractivity contribution in [3.63, 3.8) is 0 Å². The Bertz CT molecular complexity index is 623. The molecule has 0 bridgehead atoms. The lowest BCUT2D eigenvalue weighted by molar-refractivity contribution is 0.0526. The Labute approximate surface area is 139 Å². The van der Waals surface area contributed by atoms with E-state index in [4.69, 9.17) is 4.74 Å². The highest BCUT2D eigenvalue weighted by Crippen LogP contribution is 2.25. The van der Waals surface area contributed by atoms with Gasteiger partial charge in [-0.25, -0.2) is 4.79 Å². The monoisotopic (exact) mass is 313 g/mol. The summed E-state index contributed by atoms with van der Waals surface area (Å²) in [6.07, 6.45) is 4.42. The van der Waals surface area contributed by atoms with Crippen molar-refractivity contribution in [3.05, 3.63) is 53.9 Å². The van der Waals surface area contributed by atoms with Crippen molar-refractivity contribution >= 4 is 5.97 Å². The SMILES string of the molecule is CC.CCOC(=O)c1cncc(-c2cccc(C(C)CC)c2)c1. The van der Waals surface area contributed by atoms with Crippen LogP contribution in [0.15, 0.2) is 42.7 Å². The predicted molar refractivity (Wildman–Crippen MR) is 95.7 cm³/mol. The average molecular weight is 313 g/mol. The van der Waals surface area contributed by atoms with Gasteiger partial charge in [-0.15, -0.1) is 0 Å². The van der Waals surface area contributed by atoms with E-state index in [9.17, 15) is 4.79 Å². The zero-order chi connectivity index (χ0) is 17.2. The van der Waals surface area contributed by atoms with E-state index in [1.165, 1.54) is 5.56 Å². The summed E-state index contributed by atoms with van der Waals surface area (Å²) in [5, 5.41) is 0. The van der Waals surface area contributed by atoms with Gasteiger partial charge in [0.25, 0.3) is 0 Å². The van der Waals surface area contributed by atoms with Gasteiger partial charge < -0.3 is 4.74 Å². The number of benzene rings is 1. The topological polar surface area (TPSA) is 39.2 Å². The lowest BCUT2D eigenvalue weighted by Gasteiger charge is -2.11. The largest absolute Gasteiger partial charge is 0.462 e. The molecule has 0 aliphatic rings. The molecule has 1 aromatic carbocycles. The summed E-state index contributed by atoms with van der Waals surface area (Å²) in [6, 6.07) is 10.2. The number of rotatable bonds is 5. The van der Waals surface area contributed by atoms with Gasteiger partial charge in [0.2, 0.25) is 0 Å². The van der Waals surface area contributed by atoms with Crippen LogP contribution >= 0.6 is 0 Å². The molecule has 124 valence electrons. The lowest BCUT2D eigenvalue weighted by atomic mass is 9.95. The second-order valence-electron chi connectivity index (χ2n) is 5.12. The molecule has 23 heavy (non-hydrogen) atoms. The second-order valence-corrected chi connectivity index (χ2v) is 5.12. The van der Waals surface area contributed by atoms with Crippen molar-refractivity contribution in [2.45, 2.75) is 47.0 Å². The van der Waals surface area contributed by atoms with E-state index < -0.39 is 0 Å². The summed E-state index contributed by atoms with van der Waals surface area (Å²) in [4.78, 5) is 15.9. The number of hydrogen-bond donors (Lipinski definition) is 0. The first-order chi connectivity index (χ1) is 11.2. The highest BCUT2D eigenvalue weighted by molar-refractivity contribution is 5.90. The van der Waals surface area contributed by atoms with E-state index in [1.807, 2.05) is 32.0 Å².